The van der Waals surface area contributed by atoms with Gasteiger partial charge in [0.2, 0.25) is 0 Å². The van der Waals surface area contributed by atoms with E-state index >= 15 is 0 Å². The quantitative estimate of drug-likeness (QED) is 0.342. The molecule has 1 unspecified atom stereocenters. The number of carbonyl (C=O) groups is 1. The van der Waals surface area contributed by atoms with Gasteiger partial charge in [-0.25, -0.2) is 4.98 Å². The average Bonchev–Trinajstić information content (AvgIpc) is 3.33. The van der Waals surface area contributed by atoms with Crippen molar-refractivity contribution in [1.82, 2.24) is 15.2 Å². The molecule has 1 aliphatic carbocycles. The van der Waals surface area contributed by atoms with E-state index in [1.54, 1.807) is 60.6 Å². The van der Waals surface area contributed by atoms with Gasteiger partial charge in [-0.1, -0.05) is 24.3 Å². The number of halogens is 3. The first-order valence-corrected chi connectivity index (χ1v) is 13.3. The summed E-state index contributed by atoms with van der Waals surface area (Å²) in [4.78, 5) is 20.2. The fourth-order valence-corrected chi connectivity index (χ4v) is 5.44. The number of thiazole rings is 1. The van der Waals surface area contributed by atoms with Crippen LogP contribution in [0.15, 0.2) is 54.7 Å². The van der Waals surface area contributed by atoms with Crippen molar-refractivity contribution in [1.29, 1.82) is 5.26 Å². The third-order valence-corrected chi connectivity index (χ3v) is 7.64. The topological polar surface area (TPSA) is 107 Å². The molecule has 1 heterocycles. The molecule has 4 N–H and O–H groups in total. The zero-order valence-corrected chi connectivity index (χ0v) is 22.2. The van der Waals surface area contributed by atoms with Crippen molar-refractivity contribution in [3.05, 3.63) is 87.6 Å². The van der Waals surface area contributed by atoms with Gasteiger partial charge < -0.3 is 16.0 Å². The third kappa shape index (κ3) is 7.81. The number of nitriles is 1. The Labute approximate surface area is 229 Å². The van der Waals surface area contributed by atoms with Gasteiger partial charge in [-0.2, -0.15) is 18.4 Å². The van der Waals surface area contributed by atoms with E-state index in [2.05, 4.69) is 21.7 Å². The summed E-state index contributed by atoms with van der Waals surface area (Å²) in [7, 11) is 1.73. The van der Waals surface area contributed by atoms with Crippen LogP contribution in [0.5, 0.6) is 0 Å². The normalized spacial score (nSPS) is 15.5. The Morgan fingerprint density at radius 3 is 2.74 bits per heavy atom. The predicted molar refractivity (Wildman–Crippen MR) is 146 cm³/mol. The van der Waals surface area contributed by atoms with Crippen LogP contribution in [-0.4, -0.2) is 41.6 Å². The Morgan fingerprint density at radius 2 is 2.03 bits per heavy atom. The molecule has 11 heteroatoms. The fourth-order valence-electron chi connectivity index (χ4n) is 4.36. The van der Waals surface area contributed by atoms with Crippen molar-refractivity contribution < 1.29 is 18.0 Å². The lowest BCUT2D eigenvalue weighted by Gasteiger charge is -2.30. The molecule has 2 aromatic carbocycles. The van der Waals surface area contributed by atoms with Gasteiger partial charge in [0.15, 0.2) is 5.13 Å². The highest BCUT2D eigenvalue weighted by Crippen LogP contribution is 2.32. The fraction of sp³-hybridized carbons (Fsp3) is 0.321. The second-order valence-corrected chi connectivity index (χ2v) is 10.5. The number of amides is 1. The molecule has 1 atom stereocenters. The highest BCUT2D eigenvalue weighted by Gasteiger charge is 2.30. The molecule has 0 fully saturated rings. The number of likely N-dealkylation sites (N-methyl/N-ethyl adjacent to an activating group) is 1. The number of benzene rings is 2. The molecule has 7 nitrogen and oxygen atoms in total. The largest absolute Gasteiger partial charge is 0.397 e. The Morgan fingerprint density at radius 1 is 1.26 bits per heavy atom. The molecule has 3 aromatic rings. The summed E-state index contributed by atoms with van der Waals surface area (Å²) in [5.41, 5.74) is 10.3. The number of alkyl halides is 3. The van der Waals surface area contributed by atoms with Gasteiger partial charge >= 0.3 is 6.18 Å². The van der Waals surface area contributed by atoms with Crippen LogP contribution in [0.1, 0.15) is 50.5 Å². The predicted octanol–water partition coefficient (Wildman–Crippen LogP) is 5.06. The molecule has 1 amide bonds. The number of nitrogens with two attached hydrogens (primary N) is 1. The molecule has 0 aliphatic heterocycles. The van der Waals surface area contributed by atoms with Crippen LogP contribution < -0.4 is 16.4 Å². The summed E-state index contributed by atoms with van der Waals surface area (Å²) in [6.45, 7) is 0.418. The van der Waals surface area contributed by atoms with Gasteiger partial charge in [0, 0.05) is 35.8 Å². The van der Waals surface area contributed by atoms with E-state index in [0.29, 0.717) is 41.3 Å². The number of anilines is 1. The van der Waals surface area contributed by atoms with E-state index in [0.717, 1.165) is 28.1 Å². The summed E-state index contributed by atoms with van der Waals surface area (Å²) in [5.74, 6) is -0.283. The number of hydrogen-bond donors (Lipinski definition) is 3. The van der Waals surface area contributed by atoms with E-state index in [1.807, 2.05) is 6.07 Å². The molecule has 4 rings (SSSR count). The maximum Gasteiger partial charge on any atom is 0.390 e. The summed E-state index contributed by atoms with van der Waals surface area (Å²) in [5, 5.41) is 15.4. The summed E-state index contributed by atoms with van der Waals surface area (Å²) >= 11 is 1.38. The van der Waals surface area contributed by atoms with Gasteiger partial charge in [0.25, 0.3) is 5.91 Å². The minimum atomic E-state index is -4.17. The molecule has 0 saturated carbocycles. The van der Waals surface area contributed by atoms with Gasteiger partial charge in [-0.05, 0) is 61.7 Å². The molecule has 0 spiro atoms. The van der Waals surface area contributed by atoms with Gasteiger partial charge in [-0.3, -0.25) is 10.1 Å². The number of rotatable bonds is 9. The number of nitrogens with zero attached hydrogens (tertiary/aromatic N) is 3. The Balaban J connectivity index is 1.32. The van der Waals surface area contributed by atoms with Gasteiger partial charge in [0.05, 0.1) is 29.4 Å². The van der Waals surface area contributed by atoms with E-state index in [4.69, 9.17) is 11.0 Å². The van der Waals surface area contributed by atoms with Crippen LogP contribution in [0.3, 0.4) is 0 Å². The van der Waals surface area contributed by atoms with Crippen LogP contribution in [-0.2, 0) is 19.4 Å². The molecule has 204 valence electrons. The second kappa shape index (κ2) is 12.3. The number of hydrogen-bond acceptors (Lipinski definition) is 7. The van der Waals surface area contributed by atoms with Crippen molar-refractivity contribution in [3.8, 4) is 6.07 Å². The first kappa shape index (κ1) is 28.1. The number of aryl methyl sites for hydroxylation is 1. The monoisotopic (exact) mass is 554 g/mol. The van der Waals surface area contributed by atoms with Crippen LogP contribution in [0.25, 0.3) is 5.70 Å². The average molecular weight is 555 g/mol. The van der Waals surface area contributed by atoms with E-state index < -0.39 is 12.6 Å². The smallest absolute Gasteiger partial charge is 0.390 e. The van der Waals surface area contributed by atoms with Crippen LogP contribution >= 0.6 is 11.3 Å². The minimum Gasteiger partial charge on any atom is -0.397 e. The lowest BCUT2D eigenvalue weighted by Crippen LogP contribution is -2.38. The molecular formula is C28H29F3N6OS. The van der Waals surface area contributed by atoms with Crippen LogP contribution in [0.4, 0.5) is 18.3 Å². The lowest BCUT2D eigenvalue weighted by molar-refractivity contribution is -0.138. The van der Waals surface area contributed by atoms with Crippen LogP contribution in [0.2, 0.25) is 0 Å². The number of aromatic nitrogens is 1. The highest BCUT2D eigenvalue weighted by molar-refractivity contribution is 7.15. The third-order valence-electron chi connectivity index (χ3n) is 6.61. The maximum atomic E-state index is 12.9. The molecule has 1 aromatic heterocycles. The molecule has 39 heavy (non-hydrogen) atoms. The SMILES string of the molecule is CN(CCC(F)(F)F)C1CCc2nc(NC(=O)c3cccc(CN/C=C(\N)c4ccc(C#N)cc4)c3)sc2C1. The van der Waals surface area contributed by atoms with Crippen molar-refractivity contribution in [2.24, 2.45) is 5.73 Å². The number of carbonyl (C=O) groups excluding carboxylic acids is 1. The van der Waals surface area contributed by atoms with Crippen molar-refractivity contribution in [3.63, 3.8) is 0 Å². The summed E-state index contributed by atoms with van der Waals surface area (Å²) < 4.78 is 37.8. The second-order valence-electron chi connectivity index (χ2n) is 9.46. The minimum absolute atomic E-state index is 0.0213. The summed E-state index contributed by atoms with van der Waals surface area (Å²) in [6, 6.07) is 16.2. The molecular weight excluding hydrogens is 525 g/mol. The standard InChI is InChI=1S/C28H29F3N6OS/c1-37(12-11-28(29,30)31)22-9-10-24-25(14-22)39-27(35-24)36-26(38)21-4-2-3-19(13-21)16-34-17-23(33)20-7-5-18(15-32)6-8-20/h2-8,13,17,22,34H,9-12,14,16,33H2,1H3,(H,35,36,38)/b23-17-. The number of nitrogens with one attached hydrogen (secondary N) is 2. The van der Waals surface area contributed by atoms with E-state index in [1.165, 1.54) is 11.3 Å². The molecule has 1 aliphatic rings. The molecule has 0 bridgehead atoms. The maximum absolute atomic E-state index is 12.9. The lowest BCUT2D eigenvalue weighted by atomic mass is 9.96. The van der Waals surface area contributed by atoms with Crippen molar-refractivity contribution in [2.75, 3.05) is 18.9 Å². The molecule has 0 radical (unpaired) electrons. The van der Waals surface area contributed by atoms with E-state index in [9.17, 15) is 18.0 Å². The van der Waals surface area contributed by atoms with Gasteiger partial charge in [-0.15, -0.1) is 11.3 Å². The zero-order chi connectivity index (χ0) is 28.0. The first-order valence-electron chi connectivity index (χ1n) is 12.5. The van der Waals surface area contributed by atoms with E-state index in [-0.39, 0.29) is 18.5 Å². The zero-order valence-electron chi connectivity index (χ0n) is 21.4. The molecule has 0 saturated heterocycles. The Kier molecular flexibility index (Phi) is 8.89. The number of fused-ring (bicyclic) bond motifs is 1. The summed E-state index contributed by atoms with van der Waals surface area (Å²) in [6.07, 6.45) is -1.29. The Hall–Kier alpha value is -3.88. The Bertz CT molecular complexity index is 1380. The van der Waals surface area contributed by atoms with Crippen molar-refractivity contribution in [2.45, 2.75) is 44.4 Å². The first-order chi connectivity index (χ1) is 18.6. The highest BCUT2D eigenvalue weighted by atomic mass is 32.1. The van der Waals surface area contributed by atoms with Crippen LogP contribution in [0, 0.1) is 11.3 Å². The van der Waals surface area contributed by atoms with Gasteiger partial charge in [0.1, 0.15) is 0 Å². The van der Waals surface area contributed by atoms with Crippen molar-refractivity contribution >= 4 is 28.1 Å².